The Morgan fingerprint density at radius 3 is 2.64 bits per heavy atom. The standard InChI is InChI=1S/C11H13BrN2/c1-9-13-6-7-14(9)8-10-2-4-11(12)5-3-10/h2-5,13H,1,6-8H2. The maximum Gasteiger partial charge on any atom is 0.0943 e. The zero-order chi connectivity index (χ0) is 9.97. The summed E-state index contributed by atoms with van der Waals surface area (Å²) in [5, 5.41) is 3.22. The molecule has 0 atom stereocenters. The van der Waals surface area contributed by atoms with E-state index in [2.05, 4.69) is 57.0 Å². The van der Waals surface area contributed by atoms with Gasteiger partial charge in [-0.05, 0) is 17.7 Å². The van der Waals surface area contributed by atoms with Crippen LogP contribution in [0.5, 0.6) is 0 Å². The summed E-state index contributed by atoms with van der Waals surface area (Å²) in [6, 6.07) is 8.41. The quantitative estimate of drug-likeness (QED) is 0.870. The lowest BCUT2D eigenvalue weighted by molar-refractivity contribution is 0.390. The molecule has 2 nitrogen and oxygen atoms in total. The van der Waals surface area contributed by atoms with E-state index in [1.54, 1.807) is 0 Å². The average Bonchev–Trinajstić information content (AvgIpc) is 2.56. The number of benzene rings is 1. The first-order valence-corrected chi connectivity index (χ1v) is 5.47. The number of hydrogen-bond donors (Lipinski definition) is 1. The Labute approximate surface area is 92.7 Å². The van der Waals surface area contributed by atoms with Gasteiger partial charge in [-0.2, -0.15) is 0 Å². The molecular formula is C11H13BrN2. The van der Waals surface area contributed by atoms with E-state index in [-0.39, 0.29) is 0 Å². The minimum atomic E-state index is 0.944. The van der Waals surface area contributed by atoms with Gasteiger partial charge in [0.05, 0.1) is 5.82 Å². The SMILES string of the molecule is C=C1NCCN1Cc1ccc(Br)cc1. The molecule has 0 aliphatic carbocycles. The zero-order valence-corrected chi connectivity index (χ0v) is 9.55. The smallest absolute Gasteiger partial charge is 0.0943 e. The van der Waals surface area contributed by atoms with E-state index in [9.17, 15) is 0 Å². The topological polar surface area (TPSA) is 15.3 Å². The second-order valence-electron chi connectivity index (χ2n) is 3.42. The fourth-order valence-electron chi connectivity index (χ4n) is 1.57. The maximum absolute atomic E-state index is 3.95. The van der Waals surface area contributed by atoms with Gasteiger partial charge in [0, 0.05) is 24.1 Å². The highest BCUT2D eigenvalue weighted by Crippen LogP contribution is 2.14. The lowest BCUT2D eigenvalue weighted by atomic mass is 10.2. The summed E-state index contributed by atoms with van der Waals surface area (Å²) in [6.07, 6.45) is 0. The van der Waals surface area contributed by atoms with Crippen LogP contribution in [0.1, 0.15) is 5.56 Å². The molecule has 1 aromatic rings. The third-order valence-electron chi connectivity index (χ3n) is 2.38. The molecule has 1 heterocycles. The van der Waals surface area contributed by atoms with E-state index in [0.717, 1.165) is 29.9 Å². The second-order valence-corrected chi connectivity index (χ2v) is 4.34. The van der Waals surface area contributed by atoms with Gasteiger partial charge in [-0.15, -0.1) is 0 Å². The van der Waals surface area contributed by atoms with Gasteiger partial charge in [0.2, 0.25) is 0 Å². The lowest BCUT2D eigenvalue weighted by Crippen LogP contribution is -2.18. The number of halogens is 1. The van der Waals surface area contributed by atoms with Gasteiger partial charge in [0.15, 0.2) is 0 Å². The van der Waals surface area contributed by atoms with E-state index in [1.165, 1.54) is 5.56 Å². The number of nitrogens with one attached hydrogen (secondary N) is 1. The molecule has 0 spiro atoms. The molecule has 1 saturated heterocycles. The summed E-state index contributed by atoms with van der Waals surface area (Å²) >= 11 is 3.43. The van der Waals surface area contributed by atoms with Crippen LogP contribution in [0, 0.1) is 0 Å². The highest BCUT2D eigenvalue weighted by Gasteiger charge is 2.13. The average molecular weight is 253 g/mol. The van der Waals surface area contributed by atoms with Crippen molar-refractivity contribution in [3.63, 3.8) is 0 Å². The van der Waals surface area contributed by atoms with Gasteiger partial charge in [-0.3, -0.25) is 0 Å². The Bertz CT molecular complexity index is 332. The second kappa shape index (κ2) is 4.05. The minimum absolute atomic E-state index is 0.944. The van der Waals surface area contributed by atoms with Crippen molar-refractivity contribution in [1.29, 1.82) is 0 Å². The van der Waals surface area contributed by atoms with Crippen molar-refractivity contribution in [2.24, 2.45) is 0 Å². The van der Waals surface area contributed by atoms with Crippen LogP contribution in [-0.4, -0.2) is 18.0 Å². The molecule has 0 saturated carbocycles. The molecule has 1 N–H and O–H groups in total. The molecule has 0 amide bonds. The fourth-order valence-corrected chi connectivity index (χ4v) is 1.83. The molecule has 74 valence electrons. The number of hydrogen-bond acceptors (Lipinski definition) is 2. The highest BCUT2D eigenvalue weighted by atomic mass is 79.9. The molecule has 0 bridgehead atoms. The first-order chi connectivity index (χ1) is 6.75. The summed E-state index contributed by atoms with van der Waals surface area (Å²) in [7, 11) is 0. The van der Waals surface area contributed by atoms with Crippen LogP contribution >= 0.6 is 15.9 Å². The van der Waals surface area contributed by atoms with Gasteiger partial charge in [0.1, 0.15) is 0 Å². The van der Waals surface area contributed by atoms with Crippen LogP contribution in [0.4, 0.5) is 0 Å². The summed E-state index contributed by atoms with van der Waals surface area (Å²) in [5.74, 6) is 1.04. The van der Waals surface area contributed by atoms with Crippen LogP contribution in [0.3, 0.4) is 0 Å². The Kier molecular flexibility index (Phi) is 2.77. The predicted molar refractivity (Wildman–Crippen MR) is 61.7 cm³/mol. The van der Waals surface area contributed by atoms with E-state index in [0.29, 0.717) is 0 Å². The fraction of sp³-hybridized carbons (Fsp3) is 0.273. The molecule has 3 heteroatoms. The van der Waals surface area contributed by atoms with Crippen molar-refractivity contribution in [2.75, 3.05) is 13.1 Å². The Morgan fingerprint density at radius 1 is 1.36 bits per heavy atom. The molecule has 1 aliphatic rings. The van der Waals surface area contributed by atoms with E-state index < -0.39 is 0 Å². The summed E-state index contributed by atoms with van der Waals surface area (Å²) in [4.78, 5) is 2.25. The van der Waals surface area contributed by atoms with Crippen LogP contribution < -0.4 is 5.32 Å². The molecule has 0 radical (unpaired) electrons. The molecule has 0 aromatic heterocycles. The maximum atomic E-state index is 3.95. The molecule has 1 aromatic carbocycles. The molecule has 1 fully saturated rings. The van der Waals surface area contributed by atoms with Gasteiger partial charge >= 0.3 is 0 Å². The van der Waals surface area contributed by atoms with E-state index in [1.807, 2.05) is 0 Å². The first kappa shape index (κ1) is 9.59. The van der Waals surface area contributed by atoms with Gasteiger partial charge < -0.3 is 10.2 Å². The summed E-state index contributed by atoms with van der Waals surface area (Å²) in [5.41, 5.74) is 1.32. The van der Waals surface area contributed by atoms with Gasteiger partial charge in [0.25, 0.3) is 0 Å². The molecule has 1 aliphatic heterocycles. The predicted octanol–water partition coefficient (Wildman–Crippen LogP) is 2.33. The van der Waals surface area contributed by atoms with Gasteiger partial charge in [-0.25, -0.2) is 0 Å². The molecular weight excluding hydrogens is 240 g/mol. The highest BCUT2D eigenvalue weighted by molar-refractivity contribution is 9.10. The van der Waals surface area contributed by atoms with Crippen molar-refractivity contribution < 1.29 is 0 Å². The monoisotopic (exact) mass is 252 g/mol. The lowest BCUT2D eigenvalue weighted by Gasteiger charge is -2.17. The van der Waals surface area contributed by atoms with Crippen molar-refractivity contribution >= 4 is 15.9 Å². The molecule has 0 unspecified atom stereocenters. The molecule has 2 rings (SSSR count). The number of rotatable bonds is 2. The van der Waals surface area contributed by atoms with E-state index >= 15 is 0 Å². The van der Waals surface area contributed by atoms with Crippen molar-refractivity contribution in [2.45, 2.75) is 6.54 Å². The van der Waals surface area contributed by atoms with Crippen molar-refractivity contribution in [1.82, 2.24) is 10.2 Å². The Hall–Kier alpha value is -0.960. The normalized spacial score (nSPS) is 15.8. The van der Waals surface area contributed by atoms with Crippen molar-refractivity contribution in [3.8, 4) is 0 Å². The van der Waals surface area contributed by atoms with Crippen LogP contribution in [0.15, 0.2) is 41.1 Å². The Morgan fingerprint density at radius 2 is 2.07 bits per heavy atom. The van der Waals surface area contributed by atoms with Crippen LogP contribution in [0.25, 0.3) is 0 Å². The van der Waals surface area contributed by atoms with E-state index in [4.69, 9.17) is 0 Å². The minimum Gasteiger partial charge on any atom is -0.370 e. The summed E-state index contributed by atoms with van der Waals surface area (Å²) in [6.45, 7) is 6.96. The van der Waals surface area contributed by atoms with Gasteiger partial charge in [-0.1, -0.05) is 34.6 Å². The number of nitrogens with zero attached hydrogens (tertiary/aromatic N) is 1. The van der Waals surface area contributed by atoms with Crippen LogP contribution in [0.2, 0.25) is 0 Å². The summed E-state index contributed by atoms with van der Waals surface area (Å²) < 4.78 is 1.12. The Balaban J connectivity index is 2.03. The largest absolute Gasteiger partial charge is 0.370 e. The third kappa shape index (κ3) is 2.10. The zero-order valence-electron chi connectivity index (χ0n) is 7.96. The molecule has 14 heavy (non-hydrogen) atoms. The third-order valence-corrected chi connectivity index (χ3v) is 2.91. The first-order valence-electron chi connectivity index (χ1n) is 4.68. The van der Waals surface area contributed by atoms with Crippen molar-refractivity contribution in [3.05, 3.63) is 46.7 Å². The van der Waals surface area contributed by atoms with Crippen LogP contribution in [-0.2, 0) is 6.54 Å².